The molecule has 1 aromatic carbocycles. The van der Waals surface area contributed by atoms with Gasteiger partial charge in [-0.25, -0.2) is 9.37 Å². The Morgan fingerprint density at radius 1 is 1.36 bits per heavy atom. The molecule has 9 nitrogen and oxygen atoms in total. The molecule has 3 N–H and O–H groups in total. The summed E-state index contributed by atoms with van der Waals surface area (Å²) in [7, 11) is 1.33. The lowest BCUT2D eigenvalue weighted by molar-refractivity contribution is -0.205. The number of aromatic nitrogens is 2. The van der Waals surface area contributed by atoms with E-state index in [4.69, 9.17) is 4.74 Å². The second-order valence-corrected chi connectivity index (χ2v) is 10.3. The predicted octanol–water partition coefficient (Wildman–Crippen LogP) is 2.44. The minimum Gasteiger partial charge on any atom is -0.381 e. The first-order chi connectivity index (χ1) is 18.4. The molecule has 2 aromatic heterocycles. The molecule has 0 fully saturated rings. The molecule has 5 rings (SSSR count). The third-order valence-corrected chi connectivity index (χ3v) is 8.20. The monoisotopic (exact) mass is 567 g/mol. The number of ether oxygens (including phenoxy) is 1. The first-order valence-corrected chi connectivity index (χ1v) is 12.6. The largest absolute Gasteiger partial charge is 0.423 e. The van der Waals surface area contributed by atoms with E-state index in [1.54, 1.807) is 6.92 Å². The van der Waals surface area contributed by atoms with E-state index in [2.05, 4.69) is 10.3 Å². The van der Waals surface area contributed by atoms with Gasteiger partial charge in [0.2, 0.25) is 6.10 Å². The number of methoxy groups -OCH3 is 1. The van der Waals surface area contributed by atoms with Crippen LogP contribution < -0.4 is 10.9 Å². The van der Waals surface area contributed by atoms with Crippen molar-refractivity contribution >= 4 is 34.9 Å². The van der Waals surface area contributed by atoms with Crippen LogP contribution in [0.3, 0.4) is 0 Å². The Kier molecular flexibility index (Phi) is 6.77. The molecule has 4 heterocycles. The van der Waals surface area contributed by atoms with Gasteiger partial charge in [-0.15, -0.1) is 11.8 Å². The first kappa shape index (κ1) is 27.2. The van der Waals surface area contributed by atoms with Crippen molar-refractivity contribution in [3.05, 3.63) is 56.1 Å². The quantitative estimate of drug-likeness (QED) is 0.239. The number of rotatable bonds is 6. The Labute approximate surface area is 221 Å². The number of carbonyl (C=O) groups excluding carboxylic acids is 2. The zero-order valence-electron chi connectivity index (χ0n) is 20.4. The maximum absolute atomic E-state index is 14.8. The van der Waals surface area contributed by atoms with Crippen molar-refractivity contribution in [2.75, 3.05) is 12.9 Å². The van der Waals surface area contributed by atoms with Crippen LogP contribution in [0.4, 0.5) is 17.6 Å². The van der Waals surface area contributed by atoms with E-state index in [-0.39, 0.29) is 53.2 Å². The van der Waals surface area contributed by atoms with E-state index in [0.717, 1.165) is 17.8 Å². The van der Waals surface area contributed by atoms with Gasteiger partial charge in [-0.05, 0) is 24.1 Å². The molecule has 1 amide bonds. The Morgan fingerprint density at radius 3 is 2.72 bits per heavy atom. The Hall–Kier alpha value is -3.33. The molecule has 0 spiro atoms. The molecule has 14 heteroatoms. The standard InChI is InChI=1S/C25H21F4N3O6S/c1-9-13(26)4-14-19-18(15(8-39-21(9)19)31-23(36)22(35)25(27,28)29)11-5-32-16(20(11)30-14)3-10(17(34)6-33)12(7-38-2)24(32)37/h3-4,6,15,17,22,34-35H,5,7-8H2,1-2H3,(H,31,36). The van der Waals surface area contributed by atoms with Gasteiger partial charge < -0.3 is 29.6 Å². The Bertz CT molecular complexity index is 1610. The number of amides is 1. The number of hydrogen-bond acceptors (Lipinski definition) is 8. The highest BCUT2D eigenvalue weighted by atomic mass is 32.2. The number of thioether (sulfide) groups is 1. The molecule has 3 unspecified atom stereocenters. The zero-order valence-corrected chi connectivity index (χ0v) is 21.2. The average Bonchev–Trinajstić information content (AvgIpc) is 3.26. The van der Waals surface area contributed by atoms with Crippen LogP contribution >= 0.6 is 11.8 Å². The number of pyridine rings is 2. The highest BCUT2D eigenvalue weighted by Crippen LogP contribution is 2.48. The van der Waals surface area contributed by atoms with Gasteiger partial charge in [-0.1, -0.05) is 0 Å². The lowest BCUT2D eigenvalue weighted by atomic mass is 9.93. The molecule has 2 aliphatic heterocycles. The Morgan fingerprint density at radius 2 is 2.08 bits per heavy atom. The summed E-state index contributed by atoms with van der Waals surface area (Å²) in [4.78, 5) is 42.2. The number of carbonyl (C=O) groups is 2. The third kappa shape index (κ3) is 4.31. The zero-order chi connectivity index (χ0) is 28.4. The van der Waals surface area contributed by atoms with E-state index >= 15 is 0 Å². The number of hydrogen-bond donors (Lipinski definition) is 3. The van der Waals surface area contributed by atoms with E-state index in [1.165, 1.54) is 17.7 Å². The normalized spacial score (nSPS) is 17.5. The SMILES string of the molecule is COCc1c(C(O)C=O)cc2n(c1=O)Cc1c-2nc2cc(F)c(C)c3c2c1C(NC(=O)C(O)C(F)(F)F)CS3. The van der Waals surface area contributed by atoms with Gasteiger partial charge in [-0.3, -0.25) is 9.59 Å². The number of fused-ring (bicyclic) bond motifs is 4. The van der Waals surface area contributed by atoms with Gasteiger partial charge in [0, 0.05) is 45.9 Å². The average molecular weight is 568 g/mol. The van der Waals surface area contributed by atoms with Crippen molar-refractivity contribution in [2.24, 2.45) is 0 Å². The van der Waals surface area contributed by atoms with Crippen LogP contribution in [0.5, 0.6) is 0 Å². The van der Waals surface area contributed by atoms with Gasteiger partial charge in [0.05, 0.1) is 36.1 Å². The number of nitrogens with one attached hydrogen (secondary N) is 1. The van der Waals surface area contributed by atoms with E-state index in [0.29, 0.717) is 27.0 Å². The molecule has 206 valence electrons. The minimum absolute atomic E-state index is 0.00373. The molecule has 0 bridgehead atoms. The molecule has 39 heavy (non-hydrogen) atoms. The molecule has 2 aliphatic rings. The molecule has 0 aliphatic carbocycles. The van der Waals surface area contributed by atoms with Crippen LogP contribution in [-0.4, -0.2) is 57.1 Å². The number of aliphatic hydroxyl groups is 2. The van der Waals surface area contributed by atoms with Gasteiger partial charge in [0.15, 0.2) is 6.29 Å². The van der Waals surface area contributed by atoms with E-state index < -0.39 is 41.7 Å². The summed E-state index contributed by atoms with van der Waals surface area (Å²) >= 11 is 1.13. The fraction of sp³-hybridized carbons (Fsp3) is 0.360. The van der Waals surface area contributed by atoms with Crippen molar-refractivity contribution in [1.82, 2.24) is 14.9 Å². The highest BCUT2D eigenvalue weighted by molar-refractivity contribution is 7.99. The summed E-state index contributed by atoms with van der Waals surface area (Å²) in [6.45, 7) is 1.24. The summed E-state index contributed by atoms with van der Waals surface area (Å²) in [6, 6.07) is 1.52. The van der Waals surface area contributed by atoms with Gasteiger partial charge in [-0.2, -0.15) is 13.2 Å². The van der Waals surface area contributed by atoms with Crippen LogP contribution in [0.25, 0.3) is 22.3 Å². The van der Waals surface area contributed by atoms with E-state index in [9.17, 15) is 42.2 Å². The van der Waals surface area contributed by atoms with Crippen LogP contribution in [0.1, 0.15) is 40.0 Å². The molecule has 0 radical (unpaired) electrons. The second-order valence-electron chi connectivity index (χ2n) is 9.24. The topological polar surface area (TPSA) is 131 Å². The predicted molar refractivity (Wildman–Crippen MR) is 131 cm³/mol. The molecular formula is C25H21F4N3O6S. The smallest absolute Gasteiger partial charge is 0.381 e. The summed E-state index contributed by atoms with van der Waals surface area (Å²) in [5.74, 6) is -2.20. The van der Waals surface area contributed by atoms with Crippen molar-refractivity contribution in [3.63, 3.8) is 0 Å². The van der Waals surface area contributed by atoms with Gasteiger partial charge in [0.1, 0.15) is 11.9 Å². The molecule has 0 saturated carbocycles. The fourth-order valence-corrected chi connectivity index (χ4v) is 6.33. The van der Waals surface area contributed by atoms with Crippen molar-refractivity contribution in [2.45, 2.75) is 49.4 Å². The maximum atomic E-state index is 14.8. The van der Waals surface area contributed by atoms with Gasteiger partial charge >= 0.3 is 6.18 Å². The summed E-state index contributed by atoms with van der Waals surface area (Å²) in [6.07, 6.45) is -9.84. The second kappa shape index (κ2) is 9.70. The van der Waals surface area contributed by atoms with Crippen LogP contribution in [-0.2, 0) is 27.5 Å². The molecule has 3 atom stereocenters. The number of aldehydes is 1. The molecular weight excluding hydrogens is 546 g/mol. The number of nitrogens with zero attached hydrogens (tertiary/aromatic N) is 2. The number of benzene rings is 1. The molecule has 0 saturated heterocycles. The van der Waals surface area contributed by atoms with Crippen molar-refractivity contribution in [1.29, 1.82) is 0 Å². The summed E-state index contributed by atoms with van der Waals surface area (Å²) in [5, 5.41) is 22.4. The Balaban J connectivity index is 1.76. The highest BCUT2D eigenvalue weighted by Gasteiger charge is 2.45. The van der Waals surface area contributed by atoms with Crippen LogP contribution in [0, 0.1) is 12.7 Å². The minimum atomic E-state index is -5.18. The van der Waals surface area contributed by atoms with Gasteiger partial charge in [0.25, 0.3) is 11.5 Å². The first-order valence-electron chi connectivity index (χ1n) is 11.6. The maximum Gasteiger partial charge on any atom is 0.423 e. The molecule has 3 aromatic rings. The fourth-order valence-electron chi connectivity index (χ4n) is 5.07. The summed E-state index contributed by atoms with van der Waals surface area (Å²) < 4.78 is 60.3. The van der Waals surface area contributed by atoms with Crippen LogP contribution in [0.2, 0.25) is 0 Å². The third-order valence-electron chi connectivity index (χ3n) is 6.91. The van der Waals surface area contributed by atoms with Crippen LogP contribution in [0.15, 0.2) is 21.8 Å². The lowest BCUT2D eigenvalue weighted by Gasteiger charge is -2.30. The number of aliphatic hydroxyl groups excluding tert-OH is 2. The lowest BCUT2D eigenvalue weighted by Crippen LogP contribution is -2.46. The van der Waals surface area contributed by atoms with Crippen molar-refractivity contribution < 1.29 is 42.1 Å². The summed E-state index contributed by atoms with van der Waals surface area (Å²) in [5.41, 5.74) is 1.02. The number of halogens is 4. The van der Waals surface area contributed by atoms with E-state index in [1.807, 2.05) is 0 Å². The number of alkyl halides is 3. The van der Waals surface area contributed by atoms with Crippen molar-refractivity contribution in [3.8, 4) is 11.4 Å².